The lowest BCUT2D eigenvalue weighted by molar-refractivity contribution is 0.0987. The normalized spacial score (nSPS) is 24.6. The second-order valence-corrected chi connectivity index (χ2v) is 4.68. The SMILES string of the molecule is CCOCC(C)N[C@H]1c2ccccc2C[C@H]1O. The van der Waals surface area contributed by atoms with Crippen LogP contribution in [0.15, 0.2) is 24.3 Å². The van der Waals surface area contributed by atoms with Crippen molar-refractivity contribution in [3.05, 3.63) is 35.4 Å². The summed E-state index contributed by atoms with van der Waals surface area (Å²) in [7, 11) is 0. The number of hydrogen-bond donors (Lipinski definition) is 2. The molecule has 1 unspecified atom stereocenters. The van der Waals surface area contributed by atoms with Crippen LogP contribution in [-0.4, -0.2) is 30.5 Å². The molecule has 1 aromatic carbocycles. The van der Waals surface area contributed by atoms with E-state index in [2.05, 4.69) is 24.4 Å². The average Bonchev–Trinajstić information content (AvgIpc) is 2.64. The predicted octanol–water partition coefficient (Wildman–Crippen LogP) is 1.66. The van der Waals surface area contributed by atoms with Crippen molar-refractivity contribution in [2.24, 2.45) is 0 Å². The number of nitrogens with one attached hydrogen (secondary N) is 1. The molecule has 0 aliphatic heterocycles. The molecule has 2 rings (SSSR count). The van der Waals surface area contributed by atoms with Crippen LogP contribution in [0.4, 0.5) is 0 Å². The van der Waals surface area contributed by atoms with E-state index < -0.39 is 0 Å². The van der Waals surface area contributed by atoms with E-state index >= 15 is 0 Å². The fourth-order valence-electron chi connectivity index (χ4n) is 2.42. The van der Waals surface area contributed by atoms with E-state index in [0.717, 1.165) is 13.0 Å². The molecule has 1 aliphatic carbocycles. The predicted molar refractivity (Wildman–Crippen MR) is 68.0 cm³/mol. The molecule has 17 heavy (non-hydrogen) atoms. The molecule has 1 aromatic rings. The van der Waals surface area contributed by atoms with Crippen molar-refractivity contribution < 1.29 is 9.84 Å². The van der Waals surface area contributed by atoms with Crippen LogP contribution >= 0.6 is 0 Å². The summed E-state index contributed by atoms with van der Waals surface area (Å²) in [6.45, 7) is 5.49. The van der Waals surface area contributed by atoms with Gasteiger partial charge in [-0.25, -0.2) is 0 Å². The van der Waals surface area contributed by atoms with Crippen LogP contribution in [0.5, 0.6) is 0 Å². The zero-order valence-electron chi connectivity index (χ0n) is 10.5. The highest BCUT2D eigenvalue weighted by Gasteiger charge is 2.31. The summed E-state index contributed by atoms with van der Waals surface area (Å²) in [6, 6.07) is 8.53. The van der Waals surface area contributed by atoms with Gasteiger partial charge in [-0.05, 0) is 25.0 Å². The zero-order chi connectivity index (χ0) is 12.3. The van der Waals surface area contributed by atoms with E-state index in [-0.39, 0.29) is 18.2 Å². The van der Waals surface area contributed by atoms with Crippen LogP contribution < -0.4 is 5.32 Å². The smallest absolute Gasteiger partial charge is 0.0775 e. The summed E-state index contributed by atoms with van der Waals surface area (Å²) in [5.41, 5.74) is 2.48. The number of benzene rings is 1. The standard InChI is InChI=1S/C14H21NO2/c1-3-17-9-10(2)15-14-12-7-5-4-6-11(12)8-13(14)16/h4-7,10,13-16H,3,8-9H2,1-2H3/t10?,13-,14+/m1/s1. The number of hydrogen-bond acceptors (Lipinski definition) is 3. The highest BCUT2D eigenvalue weighted by molar-refractivity contribution is 5.36. The number of ether oxygens (including phenoxy) is 1. The Kier molecular flexibility index (Phi) is 4.15. The van der Waals surface area contributed by atoms with Gasteiger partial charge >= 0.3 is 0 Å². The molecule has 94 valence electrons. The maximum absolute atomic E-state index is 10.1. The van der Waals surface area contributed by atoms with Gasteiger partial charge in [-0.1, -0.05) is 24.3 Å². The maximum Gasteiger partial charge on any atom is 0.0775 e. The van der Waals surface area contributed by atoms with E-state index in [0.29, 0.717) is 6.61 Å². The van der Waals surface area contributed by atoms with Crippen LogP contribution in [0, 0.1) is 0 Å². The first kappa shape index (κ1) is 12.6. The van der Waals surface area contributed by atoms with E-state index in [1.807, 2.05) is 19.1 Å². The van der Waals surface area contributed by atoms with Crippen molar-refractivity contribution in [1.82, 2.24) is 5.32 Å². The molecule has 0 saturated heterocycles. The van der Waals surface area contributed by atoms with Gasteiger partial charge in [-0.15, -0.1) is 0 Å². The first-order chi connectivity index (χ1) is 8.22. The lowest BCUT2D eigenvalue weighted by atomic mass is 10.1. The molecule has 3 nitrogen and oxygen atoms in total. The van der Waals surface area contributed by atoms with E-state index in [1.54, 1.807) is 0 Å². The Bertz CT molecular complexity index is 367. The van der Waals surface area contributed by atoms with Crippen LogP contribution in [0.25, 0.3) is 0 Å². The van der Waals surface area contributed by atoms with Gasteiger partial charge in [0, 0.05) is 19.1 Å². The first-order valence-electron chi connectivity index (χ1n) is 6.32. The molecule has 0 heterocycles. The van der Waals surface area contributed by atoms with Gasteiger partial charge in [-0.2, -0.15) is 0 Å². The fraction of sp³-hybridized carbons (Fsp3) is 0.571. The Labute approximate surface area is 103 Å². The van der Waals surface area contributed by atoms with Gasteiger partial charge in [0.15, 0.2) is 0 Å². The highest BCUT2D eigenvalue weighted by Crippen LogP contribution is 2.31. The second kappa shape index (κ2) is 5.63. The average molecular weight is 235 g/mol. The number of aliphatic hydroxyl groups is 1. The summed E-state index contributed by atoms with van der Waals surface area (Å²) in [5.74, 6) is 0. The van der Waals surface area contributed by atoms with Gasteiger partial charge in [-0.3, -0.25) is 0 Å². The van der Waals surface area contributed by atoms with Crippen LogP contribution in [0.2, 0.25) is 0 Å². The van der Waals surface area contributed by atoms with Gasteiger partial charge in [0.2, 0.25) is 0 Å². The van der Waals surface area contributed by atoms with Crippen molar-refractivity contribution in [3.63, 3.8) is 0 Å². The molecule has 0 fully saturated rings. The molecule has 1 aliphatic rings. The van der Waals surface area contributed by atoms with Gasteiger partial charge in [0.25, 0.3) is 0 Å². The van der Waals surface area contributed by atoms with Crippen LogP contribution in [-0.2, 0) is 11.2 Å². The van der Waals surface area contributed by atoms with Crippen molar-refractivity contribution in [3.8, 4) is 0 Å². The molecule has 0 bridgehead atoms. The quantitative estimate of drug-likeness (QED) is 0.815. The largest absolute Gasteiger partial charge is 0.391 e. The summed E-state index contributed by atoms with van der Waals surface area (Å²) in [4.78, 5) is 0. The minimum atomic E-state index is -0.323. The third kappa shape index (κ3) is 2.86. The Morgan fingerprint density at radius 2 is 2.24 bits per heavy atom. The molecule has 3 atom stereocenters. The first-order valence-corrected chi connectivity index (χ1v) is 6.32. The number of aliphatic hydroxyl groups excluding tert-OH is 1. The van der Waals surface area contributed by atoms with Crippen LogP contribution in [0.3, 0.4) is 0 Å². The third-order valence-corrected chi connectivity index (χ3v) is 3.24. The molecule has 0 saturated carbocycles. The molecule has 0 amide bonds. The molecule has 2 N–H and O–H groups in total. The van der Waals surface area contributed by atoms with E-state index in [1.165, 1.54) is 11.1 Å². The Morgan fingerprint density at radius 3 is 3.00 bits per heavy atom. The molecule has 3 heteroatoms. The molecular formula is C14H21NO2. The van der Waals surface area contributed by atoms with Crippen molar-refractivity contribution in [2.75, 3.05) is 13.2 Å². The lowest BCUT2D eigenvalue weighted by Crippen LogP contribution is -2.38. The van der Waals surface area contributed by atoms with Crippen LogP contribution in [0.1, 0.15) is 31.0 Å². The summed E-state index contributed by atoms with van der Waals surface area (Å²) in [6.07, 6.45) is 0.423. The van der Waals surface area contributed by atoms with Gasteiger partial charge in [0.05, 0.1) is 18.8 Å². The van der Waals surface area contributed by atoms with Crippen molar-refractivity contribution in [1.29, 1.82) is 0 Å². The lowest BCUT2D eigenvalue weighted by Gasteiger charge is -2.23. The summed E-state index contributed by atoms with van der Waals surface area (Å²) in [5, 5.41) is 13.5. The zero-order valence-corrected chi connectivity index (χ0v) is 10.5. The minimum Gasteiger partial charge on any atom is -0.391 e. The fourth-order valence-corrected chi connectivity index (χ4v) is 2.42. The Morgan fingerprint density at radius 1 is 1.47 bits per heavy atom. The second-order valence-electron chi connectivity index (χ2n) is 4.68. The Hall–Kier alpha value is -0.900. The van der Waals surface area contributed by atoms with E-state index in [9.17, 15) is 5.11 Å². The molecule has 0 spiro atoms. The number of rotatable bonds is 5. The Balaban J connectivity index is 2.01. The summed E-state index contributed by atoms with van der Waals surface area (Å²) >= 11 is 0. The van der Waals surface area contributed by atoms with Gasteiger partial charge < -0.3 is 15.2 Å². The third-order valence-electron chi connectivity index (χ3n) is 3.24. The van der Waals surface area contributed by atoms with Crippen molar-refractivity contribution >= 4 is 0 Å². The summed E-state index contributed by atoms with van der Waals surface area (Å²) < 4.78 is 5.38. The van der Waals surface area contributed by atoms with E-state index in [4.69, 9.17) is 4.74 Å². The number of fused-ring (bicyclic) bond motifs is 1. The monoisotopic (exact) mass is 235 g/mol. The molecule has 0 aromatic heterocycles. The highest BCUT2D eigenvalue weighted by atomic mass is 16.5. The molecular weight excluding hydrogens is 214 g/mol. The van der Waals surface area contributed by atoms with Gasteiger partial charge in [0.1, 0.15) is 0 Å². The molecule has 0 radical (unpaired) electrons. The maximum atomic E-state index is 10.1. The minimum absolute atomic E-state index is 0.0432. The topological polar surface area (TPSA) is 41.5 Å². The van der Waals surface area contributed by atoms with Crippen molar-refractivity contribution in [2.45, 2.75) is 38.5 Å².